The summed E-state index contributed by atoms with van der Waals surface area (Å²) in [6.45, 7) is 5.39. The van der Waals surface area contributed by atoms with Crippen molar-refractivity contribution >= 4 is 22.7 Å². The average molecular weight is 619 g/mol. The number of aryl methyl sites for hydroxylation is 1. The van der Waals surface area contributed by atoms with Gasteiger partial charge < -0.3 is 19.7 Å². The summed E-state index contributed by atoms with van der Waals surface area (Å²) >= 11 is 0. The van der Waals surface area contributed by atoms with Gasteiger partial charge in [-0.1, -0.05) is 62.7 Å². The van der Waals surface area contributed by atoms with Crippen molar-refractivity contribution < 1.29 is 33.7 Å². The Balaban J connectivity index is 1.43. The van der Waals surface area contributed by atoms with Gasteiger partial charge in [0.15, 0.2) is 0 Å². The Bertz CT molecular complexity index is 1460. The number of hydrogen-bond donors (Lipinski definition) is 2. The molecular formula is C38H47FO6. The molecule has 242 valence electrons. The molecule has 2 N–H and O–H groups in total. The Morgan fingerprint density at radius 3 is 2.13 bits per heavy atom. The number of hydrogen-bond acceptors (Lipinski definition) is 6. The second-order valence-corrected chi connectivity index (χ2v) is 12.2. The van der Waals surface area contributed by atoms with Gasteiger partial charge in [0.25, 0.3) is 0 Å². The molecule has 1 fully saturated rings. The predicted molar refractivity (Wildman–Crippen MR) is 175 cm³/mol. The van der Waals surface area contributed by atoms with Crippen molar-refractivity contribution in [2.24, 2.45) is 0 Å². The molecule has 0 aliphatic heterocycles. The summed E-state index contributed by atoms with van der Waals surface area (Å²) < 4.78 is 25.4. The second kappa shape index (κ2) is 17.2. The van der Waals surface area contributed by atoms with Crippen LogP contribution in [0.4, 0.5) is 4.39 Å². The standard InChI is InChI=1S/C38H47FO6/c1-3-4-5-6-33-22-32-12-11-31(23-35(32)24-36(33)39)29-7-9-30(10-8-29)34-20-27(14-17-44-37(42)13-16-40)19-28(21-34)15-18-45-38(43)26(2)25-41/h11-12,19-24,29-30,40-41H,2-10,13-18,25H2,1H3. The van der Waals surface area contributed by atoms with E-state index in [9.17, 15) is 14.0 Å². The zero-order valence-electron chi connectivity index (χ0n) is 26.5. The van der Waals surface area contributed by atoms with Crippen molar-refractivity contribution in [2.45, 2.75) is 89.4 Å². The molecule has 1 aliphatic rings. The summed E-state index contributed by atoms with van der Waals surface area (Å²) in [5.41, 5.74) is 5.39. The molecule has 0 unspecified atom stereocenters. The van der Waals surface area contributed by atoms with Crippen LogP contribution in [0, 0.1) is 5.82 Å². The summed E-state index contributed by atoms with van der Waals surface area (Å²) in [5.74, 6) is -0.340. The van der Waals surface area contributed by atoms with Crippen LogP contribution >= 0.6 is 0 Å². The number of rotatable bonds is 16. The van der Waals surface area contributed by atoms with Crippen LogP contribution in [0.5, 0.6) is 0 Å². The Kier molecular flexibility index (Phi) is 13.1. The second-order valence-electron chi connectivity index (χ2n) is 12.2. The summed E-state index contributed by atoms with van der Waals surface area (Å²) in [6.07, 6.45) is 9.17. The molecule has 0 heterocycles. The van der Waals surface area contributed by atoms with Gasteiger partial charge in [-0.3, -0.25) is 4.79 Å². The maximum absolute atomic E-state index is 14.9. The summed E-state index contributed by atoms with van der Waals surface area (Å²) in [6, 6.07) is 16.7. The largest absolute Gasteiger partial charge is 0.465 e. The maximum Gasteiger partial charge on any atom is 0.335 e. The van der Waals surface area contributed by atoms with Crippen LogP contribution < -0.4 is 0 Å². The third kappa shape index (κ3) is 9.97. The lowest BCUT2D eigenvalue weighted by Gasteiger charge is -2.30. The quantitative estimate of drug-likeness (QED) is 0.0998. The topological polar surface area (TPSA) is 93.1 Å². The summed E-state index contributed by atoms with van der Waals surface area (Å²) in [5, 5.41) is 20.1. The molecule has 0 radical (unpaired) electrons. The molecular weight excluding hydrogens is 571 g/mol. The Morgan fingerprint density at radius 1 is 0.822 bits per heavy atom. The Hall–Kier alpha value is -3.55. The predicted octanol–water partition coefficient (Wildman–Crippen LogP) is 7.26. The molecule has 1 saturated carbocycles. The summed E-state index contributed by atoms with van der Waals surface area (Å²) in [7, 11) is 0. The van der Waals surface area contributed by atoms with Crippen LogP contribution in [0.25, 0.3) is 10.8 Å². The van der Waals surface area contributed by atoms with E-state index in [4.69, 9.17) is 19.7 Å². The van der Waals surface area contributed by atoms with Crippen LogP contribution in [-0.4, -0.2) is 48.6 Å². The molecule has 0 aromatic heterocycles. The van der Waals surface area contributed by atoms with E-state index in [-0.39, 0.29) is 37.6 Å². The zero-order valence-corrected chi connectivity index (χ0v) is 26.5. The first kappa shape index (κ1) is 34.3. The van der Waals surface area contributed by atoms with Crippen molar-refractivity contribution in [1.82, 2.24) is 0 Å². The normalized spacial score (nSPS) is 16.4. The number of carbonyl (C=O) groups excluding carboxylic acids is 2. The number of aliphatic hydroxyl groups excluding tert-OH is 2. The van der Waals surface area contributed by atoms with E-state index >= 15 is 0 Å². The molecule has 0 saturated heterocycles. The van der Waals surface area contributed by atoms with Crippen molar-refractivity contribution in [3.8, 4) is 0 Å². The fraction of sp³-hybridized carbons (Fsp3) is 0.474. The number of halogens is 1. The molecule has 0 bridgehead atoms. The van der Waals surface area contributed by atoms with E-state index in [1.165, 1.54) is 11.1 Å². The SMILES string of the molecule is C=C(CO)C(=O)OCCc1cc(CCOC(=O)CCO)cc(C2CCC(c3ccc4cc(CCCCC)c(F)cc4c3)CC2)c1. The minimum absolute atomic E-state index is 0.0226. The average Bonchev–Trinajstić information content (AvgIpc) is 3.04. The van der Waals surface area contributed by atoms with E-state index in [1.54, 1.807) is 6.07 Å². The smallest absolute Gasteiger partial charge is 0.335 e. The van der Waals surface area contributed by atoms with Gasteiger partial charge in [0.2, 0.25) is 0 Å². The van der Waals surface area contributed by atoms with Gasteiger partial charge in [0, 0.05) is 12.8 Å². The van der Waals surface area contributed by atoms with Gasteiger partial charge in [-0.05, 0) is 101 Å². The van der Waals surface area contributed by atoms with E-state index in [0.717, 1.165) is 78.8 Å². The molecule has 4 rings (SSSR count). The highest BCUT2D eigenvalue weighted by molar-refractivity contribution is 5.88. The van der Waals surface area contributed by atoms with Gasteiger partial charge in [0.05, 0.1) is 38.4 Å². The van der Waals surface area contributed by atoms with Gasteiger partial charge in [-0.25, -0.2) is 9.18 Å². The molecule has 3 aromatic carbocycles. The lowest BCUT2D eigenvalue weighted by atomic mass is 9.75. The van der Waals surface area contributed by atoms with Crippen LogP contribution in [0.1, 0.15) is 97.9 Å². The third-order valence-corrected chi connectivity index (χ3v) is 8.90. The molecule has 0 atom stereocenters. The number of esters is 2. The number of ether oxygens (including phenoxy) is 2. The number of carbonyl (C=O) groups is 2. The zero-order chi connectivity index (χ0) is 32.2. The van der Waals surface area contributed by atoms with Crippen molar-refractivity contribution in [3.63, 3.8) is 0 Å². The first-order chi connectivity index (χ1) is 21.8. The van der Waals surface area contributed by atoms with Gasteiger partial charge in [-0.2, -0.15) is 0 Å². The number of fused-ring (bicyclic) bond motifs is 1. The molecule has 6 nitrogen and oxygen atoms in total. The van der Waals surface area contributed by atoms with E-state index in [2.05, 4.69) is 43.8 Å². The lowest BCUT2D eigenvalue weighted by Crippen LogP contribution is -2.14. The van der Waals surface area contributed by atoms with Crippen molar-refractivity contribution in [3.05, 3.63) is 94.3 Å². The first-order valence-electron chi connectivity index (χ1n) is 16.4. The molecule has 0 spiro atoms. The van der Waals surface area contributed by atoms with E-state index < -0.39 is 18.5 Å². The van der Waals surface area contributed by atoms with Crippen LogP contribution in [-0.2, 0) is 38.3 Å². The van der Waals surface area contributed by atoms with Crippen LogP contribution in [0.2, 0.25) is 0 Å². The van der Waals surface area contributed by atoms with E-state index in [0.29, 0.717) is 24.7 Å². The molecule has 0 amide bonds. The maximum atomic E-state index is 14.9. The fourth-order valence-corrected chi connectivity index (χ4v) is 6.30. The molecule has 3 aromatic rings. The van der Waals surface area contributed by atoms with Crippen LogP contribution in [0.3, 0.4) is 0 Å². The minimum Gasteiger partial charge on any atom is -0.465 e. The van der Waals surface area contributed by atoms with Crippen LogP contribution in [0.15, 0.2) is 60.7 Å². The first-order valence-corrected chi connectivity index (χ1v) is 16.4. The van der Waals surface area contributed by atoms with Gasteiger partial charge in [0.1, 0.15) is 5.82 Å². The van der Waals surface area contributed by atoms with Gasteiger partial charge >= 0.3 is 11.9 Å². The molecule has 1 aliphatic carbocycles. The van der Waals surface area contributed by atoms with Gasteiger partial charge in [-0.15, -0.1) is 0 Å². The Morgan fingerprint density at radius 2 is 1.49 bits per heavy atom. The van der Waals surface area contributed by atoms with Crippen molar-refractivity contribution in [2.75, 3.05) is 26.4 Å². The third-order valence-electron chi connectivity index (χ3n) is 8.90. The number of benzene rings is 3. The number of aliphatic hydroxyl groups is 2. The number of unbranched alkanes of at least 4 members (excludes halogenated alkanes) is 2. The summed E-state index contributed by atoms with van der Waals surface area (Å²) in [4.78, 5) is 23.7. The van der Waals surface area contributed by atoms with Crippen molar-refractivity contribution in [1.29, 1.82) is 0 Å². The Labute approximate surface area is 266 Å². The van der Waals surface area contributed by atoms with E-state index in [1.807, 2.05) is 12.1 Å². The lowest BCUT2D eigenvalue weighted by molar-refractivity contribution is -0.144. The fourth-order valence-electron chi connectivity index (χ4n) is 6.30. The molecule has 7 heteroatoms. The monoisotopic (exact) mass is 618 g/mol. The minimum atomic E-state index is -0.605. The highest BCUT2D eigenvalue weighted by Crippen LogP contribution is 2.41. The highest BCUT2D eigenvalue weighted by atomic mass is 19.1. The molecule has 45 heavy (non-hydrogen) atoms. The highest BCUT2D eigenvalue weighted by Gasteiger charge is 2.24.